The number of carbonyl (C=O) groups is 1. The number of sulfone groups is 1. The van der Waals surface area contributed by atoms with Crippen molar-refractivity contribution < 1.29 is 22.8 Å². The van der Waals surface area contributed by atoms with Gasteiger partial charge in [0, 0.05) is 36.2 Å². The summed E-state index contributed by atoms with van der Waals surface area (Å²) in [5.41, 5.74) is 2.31. The Hall–Kier alpha value is -3.24. The Morgan fingerprint density at radius 2 is 1.93 bits per heavy atom. The number of amides is 1. The highest BCUT2D eigenvalue weighted by atomic mass is 32.2. The lowest BCUT2D eigenvalue weighted by Gasteiger charge is -2.25. The lowest BCUT2D eigenvalue weighted by Crippen LogP contribution is -2.49. The number of aromatic nitrogens is 2. The van der Waals surface area contributed by atoms with Crippen LogP contribution in [0.3, 0.4) is 0 Å². The standard InChI is InChI=1S/C20H21N3O6S/c1-20(19(25)22-26,30(2,27)28)9-11-23-10-8-15(12-17(23)24)16-13-21-18(29-16)14-6-4-3-5-7-14/h3-8,10,12-13,26H,9,11H2,1-2H3,(H,22,25)/t20-/m1/s1. The van der Waals surface area contributed by atoms with E-state index in [1.165, 1.54) is 35.4 Å². The van der Waals surface area contributed by atoms with Gasteiger partial charge in [0.05, 0.1) is 6.20 Å². The first-order chi connectivity index (χ1) is 14.2. The number of hydrogen-bond acceptors (Lipinski definition) is 7. The van der Waals surface area contributed by atoms with E-state index in [2.05, 4.69) is 4.98 Å². The minimum absolute atomic E-state index is 0.0399. The molecule has 0 saturated carbocycles. The number of pyridine rings is 1. The van der Waals surface area contributed by atoms with E-state index >= 15 is 0 Å². The Bertz CT molecular complexity index is 1220. The first-order valence-electron chi connectivity index (χ1n) is 9.02. The molecule has 2 N–H and O–H groups in total. The van der Waals surface area contributed by atoms with E-state index in [9.17, 15) is 18.0 Å². The number of benzene rings is 1. The van der Waals surface area contributed by atoms with Crippen molar-refractivity contribution in [1.82, 2.24) is 15.0 Å². The molecule has 2 aromatic heterocycles. The summed E-state index contributed by atoms with van der Waals surface area (Å²) in [6.07, 6.45) is 3.72. The summed E-state index contributed by atoms with van der Waals surface area (Å²) >= 11 is 0. The summed E-state index contributed by atoms with van der Waals surface area (Å²) in [5.74, 6) is -0.211. The molecule has 0 radical (unpaired) electrons. The average molecular weight is 431 g/mol. The first-order valence-corrected chi connectivity index (χ1v) is 10.9. The van der Waals surface area contributed by atoms with Gasteiger partial charge in [-0.25, -0.2) is 18.9 Å². The molecule has 0 saturated heterocycles. The van der Waals surface area contributed by atoms with E-state index in [1.807, 2.05) is 30.3 Å². The van der Waals surface area contributed by atoms with Gasteiger partial charge in [0.25, 0.3) is 11.5 Å². The molecule has 9 nitrogen and oxygen atoms in total. The summed E-state index contributed by atoms with van der Waals surface area (Å²) in [6, 6.07) is 12.3. The van der Waals surface area contributed by atoms with Crippen molar-refractivity contribution >= 4 is 15.7 Å². The minimum atomic E-state index is -3.84. The molecule has 0 spiro atoms. The third-order valence-corrected chi connectivity index (χ3v) is 7.06. The van der Waals surface area contributed by atoms with Crippen molar-refractivity contribution in [2.24, 2.45) is 0 Å². The molecule has 0 aliphatic carbocycles. The minimum Gasteiger partial charge on any atom is -0.436 e. The molecule has 2 heterocycles. The van der Waals surface area contributed by atoms with E-state index in [0.29, 0.717) is 17.2 Å². The van der Waals surface area contributed by atoms with Crippen LogP contribution in [0.4, 0.5) is 0 Å². The van der Waals surface area contributed by atoms with Crippen molar-refractivity contribution in [3.05, 3.63) is 65.2 Å². The van der Waals surface area contributed by atoms with Crippen molar-refractivity contribution in [3.63, 3.8) is 0 Å². The normalized spacial score (nSPS) is 13.6. The first kappa shape index (κ1) is 21.5. The molecule has 30 heavy (non-hydrogen) atoms. The maximum atomic E-state index is 12.5. The third-order valence-electron chi connectivity index (χ3n) is 5.04. The monoisotopic (exact) mass is 431 g/mol. The molecule has 1 amide bonds. The van der Waals surface area contributed by atoms with Crippen molar-refractivity contribution in [1.29, 1.82) is 0 Å². The number of nitrogens with one attached hydrogen (secondary N) is 1. The van der Waals surface area contributed by atoms with E-state index in [4.69, 9.17) is 9.62 Å². The van der Waals surface area contributed by atoms with Crippen molar-refractivity contribution in [2.75, 3.05) is 6.26 Å². The number of nitrogens with zero attached hydrogens (tertiary/aromatic N) is 2. The van der Waals surface area contributed by atoms with Gasteiger partial charge in [-0.1, -0.05) is 18.2 Å². The summed E-state index contributed by atoms with van der Waals surface area (Å²) in [6.45, 7) is 1.16. The zero-order valence-corrected chi connectivity index (χ0v) is 17.2. The second-order valence-electron chi connectivity index (χ2n) is 7.04. The van der Waals surface area contributed by atoms with Gasteiger partial charge in [0.2, 0.25) is 5.89 Å². The van der Waals surface area contributed by atoms with E-state index in [-0.39, 0.29) is 13.0 Å². The maximum absolute atomic E-state index is 12.5. The molecule has 10 heteroatoms. The summed E-state index contributed by atoms with van der Waals surface area (Å²) in [7, 11) is -3.84. The van der Waals surface area contributed by atoms with Crippen molar-refractivity contribution in [2.45, 2.75) is 24.6 Å². The molecular weight excluding hydrogens is 410 g/mol. The fourth-order valence-electron chi connectivity index (χ4n) is 2.89. The number of aryl methyl sites for hydroxylation is 1. The topological polar surface area (TPSA) is 132 Å². The molecule has 1 atom stereocenters. The predicted octanol–water partition coefficient (Wildman–Crippen LogP) is 1.87. The van der Waals surface area contributed by atoms with Gasteiger partial charge in [0.1, 0.15) is 0 Å². The van der Waals surface area contributed by atoms with Crippen LogP contribution < -0.4 is 11.0 Å². The van der Waals surface area contributed by atoms with Gasteiger partial charge < -0.3 is 8.98 Å². The second-order valence-corrected chi connectivity index (χ2v) is 9.48. The highest BCUT2D eigenvalue weighted by Gasteiger charge is 2.43. The summed E-state index contributed by atoms with van der Waals surface area (Å²) < 4.78 is 29.2. The van der Waals surface area contributed by atoms with Crippen LogP contribution in [0, 0.1) is 0 Å². The van der Waals surface area contributed by atoms with Gasteiger partial charge in [-0.3, -0.25) is 14.8 Å². The number of rotatable bonds is 7. The van der Waals surface area contributed by atoms with E-state index in [0.717, 1.165) is 11.8 Å². The van der Waals surface area contributed by atoms with Gasteiger partial charge in [-0.2, -0.15) is 0 Å². The highest BCUT2D eigenvalue weighted by Crippen LogP contribution is 2.25. The van der Waals surface area contributed by atoms with Crippen molar-refractivity contribution in [3.8, 4) is 22.8 Å². The SMILES string of the molecule is C[C@@](CCn1ccc(-c2cnc(-c3ccccc3)o2)cc1=O)(C(=O)NO)S(C)(=O)=O. The highest BCUT2D eigenvalue weighted by molar-refractivity contribution is 7.92. The number of hydrogen-bond donors (Lipinski definition) is 2. The molecular formula is C20H21N3O6S. The Morgan fingerprint density at radius 1 is 1.23 bits per heavy atom. The molecule has 158 valence electrons. The van der Waals surface area contributed by atoms with Gasteiger partial charge in [-0.05, 0) is 31.5 Å². The van der Waals surface area contributed by atoms with Crippen LogP contribution in [0.25, 0.3) is 22.8 Å². The zero-order valence-electron chi connectivity index (χ0n) is 16.4. The lowest BCUT2D eigenvalue weighted by atomic mass is 10.1. The van der Waals surface area contributed by atoms with Crippen LogP contribution >= 0.6 is 0 Å². The van der Waals surface area contributed by atoms with Crippen LogP contribution in [0.15, 0.2) is 64.1 Å². The predicted molar refractivity (Wildman–Crippen MR) is 109 cm³/mol. The lowest BCUT2D eigenvalue weighted by molar-refractivity contribution is -0.131. The molecule has 3 aromatic rings. The van der Waals surface area contributed by atoms with Gasteiger partial charge >= 0.3 is 0 Å². The van der Waals surface area contributed by atoms with E-state index in [1.54, 1.807) is 6.07 Å². The maximum Gasteiger partial charge on any atom is 0.264 e. The number of carbonyl (C=O) groups excluding carboxylic acids is 1. The third kappa shape index (κ3) is 4.19. The summed E-state index contributed by atoms with van der Waals surface area (Å²) in [4.78, 5) is 28.6. The van der Waals surface area contributed by atoms with Crippen LogP contribution in [-0.2, 0) is 21.2 Å². The Morgan fingerprint density at radius 3 is 2.53 bits per heavy atom. The Balaban J connectivity index is 1.82. The molecule has 0 aliphatic rings. The van der Waals surface area contributed by atoms with Crippen LogP contribution in [0.1, 0.15) is 13.3 Å². The largest absolute Gasteiger partial charge is 0.436 e. The summed E-state index contributed by atoms with van der Waals surface area (Å²) in [5, 5.41) is 8.88. The molecule has 0 unspecified atom stereocenters. The number of hydroxylamine groups is 1. The molecule has 0 aliphatic heterocycles. The zero-order chi connectivity index (χ0) is 21.9. The Kier molecular flexibility index (Phi) is 5.90. The fourth-order valence-corrected chi connectivity index (χ4v) is 3.73. The van der Waals surface area contributed by atoms with Gasteiger partial charge in [-0.15, -0.1) is 0 Å². The molecule has 1 aromatic carbocycles. The molecule has 3 rings (SSSR count). The Labute approximate surface area is 172 Å². The van der Waals surface area contributed by atoms with E-state index < -0.39 is 26.1 Å². The quantitative estimate of drug-likeness (QED) is 0.431. The number of oxazole rings is 1. The van der Waals surface area contributed by atoms with Crippen LogP contribution in [0.2, 0.25) is 0 Å². The van der Waals surface area contributed by atoms with Crippen LogP contribution in [0.5, 0.6) is 0 Å². The van der Waals surface area contributed by atoms with Gasteiger partial charge in [0.15, 0.2) is 20.3 Å². The van der Waals surface area contributed by atoms with Crippen LogP contribution in [-0.4, -0.2) is 40.1 Å². The second kappa shape index (κ2) is 8.25. The smallest absolute Gasteiger partial charge is 0.264 e. The molecule has 0 bridgehead atoms. The average Bonchev–Trinajstić information content (AvgIpc) is 3.22. The molecule has 0 fully saturated rings. The fraction of sp³-hybridized carbons (Fsp3) is 0.250.